The van der Waals surface area contributed by atoms with Gasteiger partial charge in [0.2, 0.25) is 17.6 Å². The van der Waals surface area contributed by atoms with Gasteiger partial charge in [0.05, 0.1) is 6.42 Å². The summed E-state index contributed by atoms with van der Waals surface area (Å²) in [5.41, 5.74) is 2.26. The second-order valence-electron chi connectivity index (χ2n) is 8.42. The summed E-state index contributed by atoms with van der Waals surface area (Å²) >= 11 is 0. The number of halogens is 1. The first-order chi connectivity index (χ1) is 14.5. The van der Waals surface area contributed by atoms with Gasteiger partial charge in [0.1, 0.15) is 17.2 Å². The van der Waals surface area contributed by atoms with E-state index < -0.39 is 0 Å². The molecule has 1 saturated carbocycles. The fourth-order valence-corrected chi connectivity index (χ4v) is 4.58. The SMILES string of the molecule is Cc1nonc1CC(=O)N1CCC2(CC1)CC(c1nc(-c3ccc(F)cc3)no1)C2. The minimum absolute atomic E-state index is 0.0698. The first-order valence-electron chi connectivity index (χ1n) is 10.2. The molecule has 1 aromatic carbocycles. The highest BCUT2D eigenvalue weighted by Crippen LogP contribution is 2.56. The third-order valence-electron chi connectivity index (χ3n) is 6.49. The number of rotatable bonds is 4. The predicted molar refractivity (Wildman–Crippen MR) is 103 cm³/mol. The molecule has 1 aliphatic carbocycles. The van der Waals surface area contributed by atoms with Crippen LogP contribution in [0, 0.1) is 18.2 Å². The monoisotopic (exact) mass is 411 g/mol. The predicted octanol–water partition coefficient (Wildman–Crippen LogP) is 3.30. The first-order valence-corrected chi connectivity index (χ1v) is 10.2. The highest BCUT2D eigenvalue weighted by Gasteiger charge is 2.48. The molecule has 1 amide bonds. The topological polar surface area (TPSA) is 98.2 Å². The van der Waals surface area contributed by atoms with Crippen LogP contribution in [0.4, 0.5) is 4.39 Å². The standard InChI is InChI=1S/C21H22FN5O3/c1-13-17(25-30-24-13)10-18(28)27-8-6-21(7-9-27)11-15(12-21)20-23-19(26-29-20)14-2-4-16(22)5-3-14/h2-5,15H,6-12H2,1H3. The van der Waals surface area contributed by atoms with Crippen LogP contribution in [-0.4, -0.2) is 44.4 Å². The van der Waals surface area contributed by atoms with Gasteiger partial charge in [0.15, 0.2) is 0 Å². The van der Waals surface area contributed by atoms with Gasteiger partial charge in [-0.1, -0.05) is 15.5 Å². The number of aryl methyl sites for hydroxylation is 1. The quantitative estimate of drug-likeness (QED) is 0.650. The molecular weight excluding hydrogens is 389 g/mol. The van der Waals surface area contributed by atoms with Gasteiger partial charge in [0.25, 0.3) is 0 Å². The van der Waals surface area contributed by atoms with Crippen LogP contribution in [0.15, 0.2) is 33.4 Å². The average Bonchev–Trinajstić information content (AvgIpc) is 3.36. The van der Waals surface area contributed by atoms with E-state index in [0.717, 1.165) is 44.3 Å². The molecule has 0 unspecified atom stereocenters. The lowest BCUT2D eigenvalue weighted by atomic mass is 9.57. The smallest absolute Gasteiger partial charge is 0.230 e. The molecule has 0 bridgehead atoms. The Morgan fingerprint density at radius 3 is 2.57 bits per heavy atom. The van der Waals surface area contributed by atoms with E-state index in [9.17, 15) is 9.18 Å². The molecule has 5 rings (SSSR count). The molecule has 2 aliphatic rings. The van der Waals surface area contributed by atoms with Crippen LogP contribution in [0.3, 0.4) is 0 Å². The molecule has 0 atom stereocenters. The molecule has 9 heteroatoms. The van der Waals surface area contributed by atoms with Gasteiger partial charge in [-0.3, -0.25) is 4.79 Å². The van der Waals surface area contributed by atoms with Crippen LogP contribution >= 0.6 is 0 Å². The van der Waals surface area contributed by atoms with Crippen LogP contribution in [0.1, 0.15) is 48.9 Å². The van der Waals surface area contributed by atoms with Crippen molar-refractivity contribution >= 4 is 5.91 Å². The molecule has 30 heavy (non-hydrogen) atoms. The number of likely N-dealkylation sites (tertiary alicyclic amines) is 1. The Morgan fingerprint density at radius 1 is 1.17 bits per heavy atom. The number of carbonyl (C=O) groups is 1. The van der Waals surface area contributed by atoms with E-state index >= 15 is 0 Å². The summed E-state index contributed by atoms with van der Waals surface area (Å²) < 4.78 is 23.2. The maximum Gasteiger partial charge on any atom is 0.230 e. The normalized spacial score (nSPS) is 18.5. The summed E-state index contributed by atoms with van der Waals surface area (Å²) in [5.74, 6) is 1.16. The Kier molecular flexibility index (Phi) is 4.60. The van der Waals surface area contributed by atoms with E-state index in [1.807, 2.05) is 4.90 Å². The van der Waals surface area contributed by atoms with Crippen molar-refractivity contribution in [3.63, 3.8) is 0 Å². The lowest BCUT2D eigenvalue weighted by molar-refractivity contribution is -0.134. The van der Waals surface area contributed by atoms with Gasteiger partial charge in [0, 0.05) is 24.6 Å². The number of carbonyl (C=O) groups excluding carboxylic acids is 1. The van der Waals surface area contributed by atoms with Gasteiger partial charge in [-0.05, 0) is 62.3 Å². The molecule has 1 aliphatic heterocycles. The van der Waals surface area contributed by atoms with E-state index in [1.165, 1.54) is 12.1 Å². The van der Waals surface area contributed by atoms with Gasteiger partial charge in [-0.25, -0.2) is 9.02 Å². The van der Waals surface area contributed by atoms with Crippen molar-refractivity contribution in [2.75, 3.05) is 13.1 Å². The third-order valence-corrected chi connectivity index (χ3v) is 6.49. The maximum absolute atomic E-state index is 13.1. The van der Waals surface area contributed by atoms with Crippen LogP contribution < -0.4 is 0 Å². The Hall–Kier alpha value is -3.10. The molecule has 0 N–H and O–H groups in total. The van der Waals surface area contributed by atoms with E-state index in [4.69, 9.17) is 4.52 Å². The van der Waals surface area contributed by atoms with Crippen molar-refractivity contribution in [2.45, 2.75) is 44.9 Å². The number of hydrogen-bond acceptors (Lipinski definition) is 7. The van der Waals surface area contributed by atoms with Crippen LogP contribution in [0.2, 0.25) is 0 Å². The second kappa shape index (κ2) is 7.30. The van der Waals surface area contributed by atoms with Crippen molar-refractivity contribution in [3.05, 3.63) is 47.4 Å². The Balaban J connectivity index is 1.15. The summed E-state index contributed by atoms with van der Waals surface area (Å²) in [5, 5.41) is 11.6. The number of hydrogen-bond donors (Lipinski definition) is 0. The number of amides is 1. The van der Waals surface area contributed by atoms with Crippen molar-refractivity contribution in [2.24, 2.45) is 5.41 Å². The summed E-state index contributed by atoms with van der Waals surface area (Å²) in [4.78, 5) is 19.0. The number of benzene rings is 1. The number of nitrogens with zero attached hydrogens (tertiary/aromatic N) is 5. The fraction of sp³-hybridized carbons (Fsp3) is 0.476. The molecule has 1 saturated heterocycles. The van der Waals surface area contributed by atoms with Crippen LogP contribution in [0.5, 0.6) is 0 Å². The molecule has 8 nitrogen and oxygen atoms in total. The van der Waals surface area contributed by atoms with E-state index in [-0.39, 0.29) is 29.5 Å². The van der Waals surface area contributed by atoms with Gasteiger partial charge < -0.3 is 9.42 Å². The molecule has 3 heterocycles. The molecular formula is C21H22FN5O3. The third kappa shape index (κ3) is 3.48. The minimum Gasteiger partial charge on any atom is -0.342 e. The number of piperidine rings is 1. The van der Waals surface area contributed by atoms with Gasteiger partial charge in [-0.15, -0.1) is 0 Å². The zero-order valence-corrected chi connectivity index (χ0v) is 16.7. The summed E-state index contributed by atoms with van der Waals surface area (Å²) in [6, 6.07) is 6.07. The molecule has 0 radical (unpaired) electrons. The molecule has 1 spiro atoms. The van der Waals surface area contributed by atoms with Crippen molar-refractivity contribution < 1.29 is 18.3 Å². The van der Waals surface area contributed by atoms with Gasteiger partial charge >= 0.3 is 0 Å². The minimum atomic E-state index is -0.291. The largest absolute Gasteiger partial charge is 0.342 e. The average molecular weight is 411 g/mol. The van der Waals surface area contributed by atoms with Crippen molar-refractivity contribution in [3.8, 4) is 11.4 Å². The van der Waals surface area contributed by atoms with E-state index in [0.29, 0.717) is 23.1 Å². The summed E-state index contributed by atoms with van der Waals surface area (Å²) in [6.07, 6.45) is 4.17. The highest BCUT2D eigenvalue weighted by molar-refractivity contribution is 5.78. The van der Waals surface area contributed by atoms with E-state index in [1.54, 1.807) is 19.1 Å². The Labute approximate surface area is 172 Å². The molecule has 3 aromatic rings. The Bertz CT molecular complexity index is 1040. The van der Waals surface area contributed by atoms with Crippen molar-refractivity contribution in [1.29, 1.82) is 0 Å². The maximum atomic E-state index is 13.1. The summed E-state index contributed by atoms with van der Waals surface area (Å²) in [7, 11) is 0. The number of aromatic nitrogens is 4. The fourth-order valence-electron chi connectivity index (χ4n) is 4.58. The van der Waals surface area contributed by atoms with E-state index in [2.05, 4.69) is 25.1 Å². The highest BCUT2D eigenvalue weighted by atomic mass is 19.1. The lowest BCUT2D eigenvalue weighted by Gasteiger charge is -2.51. The second-order valence-corrected chi connectivity index (χ2v) is 8.42. The van der Waals surface area contributed by atoms with Gasteiger partial charge in [-0.2, -0.15) is 4.98 Å². The Morgan fingerprint density at radius 2 is 1.90 bits per heavy atom. The first kappa shape index (κ1) is 18.9. The van der Waals surface area contributed by atoms with Crippen LogP contribution in [0.25, 0.3) is 11.4 Å². The summed E-state index contributed by atoms with van der Waals surface area (Å²) in [6.45, 7) is 3.29. The van der Waals surface area contributed by atoms with Crippen molar-refractivity contribution in [1.82, 2.24) is 25.4 Å². The molecule has 2 aromatic heterocycles. The zero-order chi connectivity index (χ0) is 20.7. The van der Waals surface area contributed by atoms with Crippen LogP contribution in [-0.2, 0) is 11.2 Å². The lowest BCUT2D eigenvalue weighted by Crippen LogP contribution is -2.48. The zero-order valence-electron chi connectivity index (χ0n) is 16.7. The molecule has 2 fully saturated rings. The molecule has 156 valence electrons.